The number of thiazole rings is 1. The fraction of sp³-hybridized carbons (Fsp3) is 0.389. The molecule has 0 amide bonds. The van der Waals surface area contributed by atoms with E-state index < -0.39 is 10.0 Å². The SMILES string of the molecule is CC(=O)c1sc(NCC(=O)c2cccc(S(=O)(=O)N3CCOCC3)c2)nc1C. The molecule has 1 fully saturated rings. The Morgan fingerprint density at radius 3 is 2.64 bits per heavy atom. The van der Waals surface area contributed by atoms with E-state index in [0.717, 1.165) is 0 Å². The summed E-state index contributed by atoms with van der Waals surface area (Å²) in [5, 5.41) is 3.39. The number of carbonyl (C=O) groups is 2. The predicted octanol–water partition coefficient (Wildman–Crippen LogP) is 1.97. The summed E-state index contributed by atoms with van der Waals surface area (Å²) >= 11 is 1.19. The molecule has 8 nitrogen and oxygen atoms in total. The van der Waals surface area contributed by atoms with Gasteiger partial charge in [0.15, 0.2) is 16.7 Å². The van der Waals surface area contributed by atoms with E-state index in [2.05, 4.69) is 10.3 Å². The number of ether oxygens (including phenoxy) is 1. The van der Waals surface area contributed by atoms with Crippen molar-refractivity contribution in [2.75, 3.05) is 38.2 Å². The van der Waals surface area contributed by atoms with E-state index in [1.807, 2.05) is 0 Å². The van der Waals surface area contributed by atoms with Crippen LogP contribution in [-0.4, -0.2) is 62.1 Å². The first kappa shape index (κ1) is 20.6. The molecule has 0 saturated carbocycles. The van der Waals surface area contributed by atoms with Crippen LogP contribution in [0.5, 0.6) is 0 Å². The lowest BCUT2D eigenvalue weighted by molar-refractivity contribution is 0.0730. The Bertz CT molecular complexity index is 994. The van der Waals surface area contributed by atoms with Crippen LogP contribution in [0.1, 0.15) is 32.6 Å². The summed E-state index contributed by atoms with van der Waals surface area (Å²) in [6, 6.07) is 6.01. The zero-order valence-electron chi connectivity index (χ0n) is 15.6. The summed E-state index contributed by atoms with van der Waals surface area (Å²) in [4.78, 5) is 28.9. The Labute approximate surface area is 167 Å². The van der Waals surface area contributed by atoms with Gasteiger partial charge in [0.05, 0.1) is 35.2 Å². The van der Waals surface area contributed by atoms with Crippen LogP contribution in [0.25, 0.3) is 0 Å². The highest BCUT2D eigenvalue weighted by Gasteiger charge is 2.26. The van der Waals surface area contributed by atoms with E-state index in [1.54, 1.807) is 19.1 Å². The number of rotatable bonds is 7. The van der Waals surface area contributed by atoms with E-state index >= 15 is 0 Å². The molecule has 0 unspecified atom stereocenters. The number of nitrogens with zero attached hydrogens (tertiary/aromatic N) is 2. The number of Topliss-reactive ketones (excluding diaryl/α,β-unsaturated/α-hetero) is 2. The van der Waals surface area contributed by atoms with Crippen LogP contribution in [0.4, 0.5) is 5.13 Å². The second-order valence-electron chi connectivity index (χ2n) is 6.31. The lowest BCUT2D eigenvalue weighted by atomic mass is 10.1. The number of hydrogen-bond acceptors (Lipinski definition) is 8. The van der Waals surface area contributed by atoms with Gasteiger partial charge in [0.2, 0.25) is 10.0 Å². The van der Waals surface area contributed by atoms with Crippen molar-refractivity contribution in [1.82, 2.24) is 9.29 Å². The molecule has 1 saturated heterocycles. The first-order valence-corrected chi connectivity index (χ1v) is 11.0. The average Bonchev–Trinajstić information content (AvgIpc) is 3.08. The average molecular weight is 424 g/mol. The second-order valence-corrected chi connectivity index (χ2v) is 9.25. The third kappa shape index (κ3) is 4.46. The predicted molar refractivity (Wildman–Crippen MR) is 106 cm³/mol. The van der Waals surface area contributed by atoms with Gasteiger partial charge in [0.1, 0.15) is 0 Å². The minimum absolute atomic E-state index is 0.0502. The topological polar surface area (TPSA) is 106 Å². The molecule has 0 atom stereocenters. The van der Waals surface area contributed by atoms with Crippen molar-refractivity contribution >= 4 is 38.1 Å². The van der Waals surface area contributed by atoms with Crippen molar-refractivity contribution in [3.63, 3.8) is 0 Å². The van der Waals surface area contributed by atoms with E-state index in [4.69, 9.17) is 4.74 Å². The van der Waals surface area contributed by atoms with Gasteiger partial charge in [-0.2, -0.15) is 4.31 Å². The molecule has 28 heavy (non-hydrogen) atoms. The maximum atomic E-state index is 12.7. The summed E-state index contributed by atoms with van der Waals surface area (Å²) in [5.41, 5.74) is 0.910. The number of aryl methyl sites for hydroxylation is 1. The van der Waals surface area contributed by atoms with Gasteiger partial charge in [-0.15, -0.1) is 0 Å². The first-order chi connectivity index (χ1) is 13.3. The first-order valence-electron chi connectivity index (χ1n) is 8.72. The molecule has 1 N–H and O–H groups in total. The number of ketones is 2. The molecule has 0 radical (unpaired) electrons. The van der Waals surface area contributed by atoms with Crippen LogP contribution in [0.3, 0.4) is 0 Å². The van der Waals surface area contributed by atoms with E-state index in [-0.39, 0.29) is 23.0 Å². The minimum atomic E-state index is -3.66. The number of benzene rings is 1. The number of sulfonamides is 1. The highest BCUT2D eigenvalue weighted by Crippen LogP contribution is 2.23. The van der Waals surface area contributed by atoms with Crippen LogP contribution in [0.15, 0.2) is 29.2 Å². The summed E-state index contributed by atoms with van der Waals surface area (Å²) in [6.07, 6.45) is 0. The second kappa shape index (κ2) is 8.48. The highest BCUT2D eigenvalue weighted by atomic mass is 32.2. The smallest absolute Gasteiger partial charge is 0.243 e. The molecule has 1 aromatic heterocycles. The fourth-order valence-corrected chi connectivity index (χ4v) is 5.13. The normalized spacial score (nSPS) is 15.4. The molecule has 3 rings (SSSR count). The van der Waals surface area contributed by atoms with Crippen LogP contribution >= 0.6 is 11.3 Å². The molecular formula is C18H21N3O5S2. The fourth-order valence-electron chi connectivity index (χ4n) is 2.82. The zero-order valence-corrected chi connectivity index (χ0v) is 17.2. The molecule has 1 aliphatic heterocycles. The molecule has 0 bridgehead atoms. The van der Waals surface area contributed by atoms with Gasteiger partial charge >= 0.3 is 0 Å². The van der Waals surface area contributed by atoms with Gasteiger partial charge in [-0.1, -0.05) is 23.5 Å². The van der Waals surface area contributed by atoms with Crippen LogP contribution < -0.4 is 5.32 Å². The van der Waals surface area contributed by atoms with Crippen molar-refractivity contribution in [3.8, 4) is 0 Å². The Morgan fingerprint density at radius 2 is 2.00 bits per heavy atom. The zero-order chi connectivity index (χ0) is 20.3. The van der Waals surface area contributed by atoms with Gasteiger partial charge in [0, 0.05) is 25.6 Å². The molecule has 1 aliphatic rings. The van der Waals surface area contributed by atoms with Gasteiger partial charge in [-0.25, -0.2) is 13.4 Å². The molecule has 150 valence electrons. The Balaban J connectivity index is 1.72. The maximum absolute atomic E-state index is 12.7. The van der Waals surface area contributed by atoms with Crippen LogP contribution in [0.2, 0.25) is 0 Å². The van der Waals surface area contributed by atoms with Crippen molar-refractivity contribution in [2.45, 2.75) is 18.7 Å². The summed E-state index contributed by atoms with van der Waals surface area (Å²) in [7, 11) is -3.66. The van der Waals surface area contributed by atoms with E-state index in [9.17, 15) is 18.0 Å². The molecule has 0 spiro atoms. The Kier molecular flexibility index (Phi) is 6.23. The third-order valence-corrected chi connectivity index (χ3v) is 7.39. The van der Waals surface area contributed by atoms with Crippen LogP contribution in [-0.2, 0) is 14.8 Å². The number of anilines is 1. The van der Waals surface area contributed by atoms with E-state index in [0.29, 0.717) is 47.6 Å². The van der Waals surface area contributed by atoms with Crippen molar-refractivity contribution in [1.29, 1.82) is 0 Å². The summed E-state index contributed by atoms with van der Waals surface area (Å²) in [6.45, 7) is 4.46. The van der Waals surface area contributed by atoms with Gasteiger partial charge in [0.25, 0.3) is 0 Å². The van der Waals surface area contributed by atoms with Gasteiger partial charge in [-0.3, -0.25) is 9.59 Å². The largest absolute Gasteiger partial charge is 0.379 e. The van der Waals surface area contributed by atoms with Crippen LogP contribution in [0, 0.1) is 6.92 Å². The number of aromatic nitrogens is 1. The molecule has 2 heterocycles. The lowest BCUT2D eigenvalue weighted by Gasteiger charge is -2.26. The summed E-state index contributed by atoms with van der Waals surface area (Å²) < 4.78 is 32.1. The molecule has 1 aromatic carbocycles. The molecule has 0 aliphatic carbocycles. The number of morpholine rings is 1. The van der Waals surface area contributed by atoms with E-state index in [1.165, 1.54) is 34.7 Å². The summed E-state index contributed by atoms with van der Waals surface area (Å²) in [5.74, 6) is -0.341. The highest BCUT2D eigenvalue weighted by molar-refractivity contribution is 7.89. The number of nitrogens with one attached hydrogen (secondary N) is 1. The number of hydrogen-bond donors (Lipinski definition) is 1. The van der Waals surface area contributed by atoms with Gasteiger partial charge < -0.3 is 10.1 Å². The molecule has 2 aromatic rings. The Hall–Kier alpha value is -2.14. The standard InChI is InChI=1S/C18H21N3O5S2/c1-12-17(13(2)22)27-18(20-12)19-11-16(23)14-4-3-5-15(10-14)28(24,25)21-6-8-26-9-7-21/h3-5,10H,6-9,11H2,1-2H3,(H,19,20). The number of carbonyl (C=O) groups excluding carboxylic acids is 2. The van der Waals surface area contributed by atoms with Crippen molar-refractivity contribution in [3.05, 3.63) is 40.4 Å². The quantitative estimate of drug-likeness (QED) is 0.679. The van der Waals surface area contributed by atoms with Crippen molar-refractivity contribution in [2.24, 2.45) is 0 Å². The molecule has 10 heteroatoms. The maximum Gasteiger partial charge on any atom is 0.243 e. The van der Waals surface area contributed by atoms with Crippen molar-refractivity contribution < 1.29 is 22.7 Å². The van der Waals surface area contributed by atoms with Gasteiger partial charge in [-0.05, 0) is 19.1 Å². The minimum Gasteiger partial charge on any atom is -0.379 e. The third-order valence-electron chi connectivity index (χ3n) is 4.28. The molecular weight excluding hydrogens is 402 g/mol. The lowest BCUT2D eigenvalue weighted by Crippen LogP contribution is -2.40. The Morgan fingerprint density at radius 1 is 1.29 bits per heavy atom. The monoisotopic (exact) mass is 423 g/mol.